The highest BCUT2D eigenvalue weighted by molar-refractivity contribution is 7.88. The number of piperidine rings is 1. The average molecular weight is 379 g/mol. The van der Waals surface area contributed by atoms with Crippen molar-refractivity contribution in [3.63, 3.8) is 0 Å². The smallest absolute Gasteiger partial charge is 0.218 e. The SMILES string of the molecule is O=S(=O)(Cc1ccccc1)N1CCC2(CC1)CO[C@H](CN1CCCC1)C2. The fraction of sp³-hybridized carbons (Fsp3) is 0.700. The second kappa shape index (κ2) is 7.58. The zero-order valence-corrected chi connectivity index (χ0v) is 16.3. The molecule has 3 aliphatic heterocycles. The maximum Gasteiger partial charge on any atom is 0.218 e. The van der Waals surface area contributed by atoms with Crippen molar-refractivity contribution in [3.05, 3.63) is 35.9 Å². The maximum absolute atomic E-state index is 12.7. The van der Waals surface area contributed by atoms with Gasteiger partial charge in [-0.3, -0.25) is 0 Å². The van der Waals surface area contributed by atoms with Gasteiger partial charge in [-0.25, -0.2) is 12.7 Å². The largest absolute Gasteiger partial charge is 0.376 e. The minimum atomic E-state index is -3.23. The Morgan fingerprint density at radius 1 is 1.04 bits per heavy atom. The third-order valence-electron chi connectivity index (χ3n) is 6.31. The highest BCUT2D eigenvalue weighted by atomic mass is 32.2. The molecule has 1 aromatic rings. The van der Waals surface area contributed by atoms with Gasteiger partial charge in [-0.05, 0) is 56.2 Å². The third-order valence-corrected chi connectivity index (χ3v) is 8.16. The highest BCUT2D eigenvalue weighted by Gasteiger charge is 2.44. The molecule has 3 fully saturated rings. The van der Waals surface area contributed by atoms with Gasteiger partial charge in [0.25, 0.3) is 0 Å². The minimum Gasteiger partial charge on any atom is -0.376 e. The number of ether oxygens (including phenoxy) is 1. The van der Waals surface area contributed by atoms with Crippen LogP contribution >= 0.6 is 0 Å². The number of hydrogen-bond donors (Lipinski definition) is 0. The first-order valence-electron chi connectivity index (χ1n) is 9.91. The van der Waals surface area contributed by atoms with Gasteiger partial charge < -0.3 is 9.64 Å². The predicted molar refractivity (Wildman–Crippen MR) is 102 cm³/mol. The van der Waals surface area contributed by atoms with E-state index in [0.29, 0.717) is 19.2 Å². The quantitative estimate of drug-likeness (QED) is 0.790. The van der Waals surface area contributed by atoms with E-state index < -0.39 is 10.0 Å². The van der Waals surface area contributed by atoms with E-state index in [9.17, 15) is 8.42 Å². The van der Waals surface area contributed by atoms with Crippen molar-refractivity contribution in [1.82, 2.24) is 9.21 Å². The van der Waals surface area contributed by atoms with Crippen LogP contribution < -0.4 is 0 Å². The van der Waals surface area contributed by atoms with Gasteiger partial charge in [0, 0.05) is 19.6 Å². The van der Waals surface area contributed by atoms with Crippen molar-refractivity contribution in [1.29, 1.82) is 0 Å². The molecule has 3 heterocycles. The van der Waals surface area contributed by atoms with Crippen molar-refractivity contribution in [2.24, 2.45) is 5.41 Å². The van der Waals surface area contributed by atoms with Gasteiger partial charge in [-0.15, -0.1) is 0 Å². The Morgan fingerprint density at radius 3 is 2.42 bits per heavy atom. The Hall–Kier alpha value is -0.950. The van der Waals surface area contributed by atoms with Gasteiger partial charge in [-0.2, -0.15) is 0 Å². The summed E-state index contributed by atoms with van der Waals surface area (Å²) in [6.45, 7) is 5.54. The molecule has 1 aromatic carbocycles. The molecule has 1 spiro atoms. The molecule has 0 aliphatic carbocycles. The zero-order valence-electron chi connectivity index (χ0n) is 15.5. The van der Waals surface area contributed by atoms with Crippen molar-refractivity contribution in [3.8, 4) is 0 Å². The van der Waals surface area contributed by atoms with Gasteiger partial charge in [0.05, 0.1) is 18.5 Å². The highest BCUT2D eigenvalue weighted by Crippen LogP contribution is 2.42. The summed E-state index contributed by atoms with van der Waals surface area (Å²) in [5.74, 6) is 0.106. The molecule has 0 bridgehead atoms. The number of benzene rings is 1. The second-order valence-electron chi connectivity index (χ2n) is 8.29. The summed E-state index contributed by atoms with van der Waals surface area (Å²) in [5, 5.41) is 0. The number of rotatable bonds is 5. The molecular formula is C20H30N2O3S. The van der Waals surface area contributed by atoms with Gasteiger partial charge in [0.2, 0.25) is 10.0 Å². The molecule has 3 saturated heterocycles. The van der Waals surface area contributed by atoms with Crippen LogP contribution in [-0.2, 0) is 20.5 Å². The van der Waals surface area contributed by atoms with Gasteiger partial charge in [0.1, 0.15) is 0 Å². The molecule has 144 valence electrons. The Bertz CT molecular complexity index is 693. The van der Waals surface area contributed by atoms with E-state index in [-0.39, 0.29) is 11.2 Å². The van der Waals surface area contributed by atoms with Gasteiger partial charge in [-0.1, -0.05) is 30.3 Å². The number of hydrogen-bond acceptors (Lipinski definition) is 4. The topological polar surface area (TPSA) is 49.9 Å². The van der Waals surface area contributed by atoms with Crippen LogP contribution in [0.2, 0.25) is 0 Å². The van der Waals surface area contributed by atoms with Crippen LogP contribution in [0.5, 0.6) is 0 Å². The predicted octanol–water partition coefficient (Wildman–Crippen LogP) is 2.48. The van der Waals surface area contributed by atoms with Crippen LogP contribution in [0.3, 0.4) is 0 Å². The summed E-state index contributed by atoms with van der Waals surface area (Å²) in [6.07, 6.45) is 5.91. The second-order valence-corrected chi connectivity index (χ2v) is 10.3. The van der Waals surface area contributed by atoms with Crippen LogP contribution in [-0.4, -0.2) is 63.1 Å². The molecular weight excluding hydrogens is 348 g/mol. The Labute approximate surface area is 157 Å². The number of nitrogens with zero attached hydrogens (tertiary/aromatic N) is 2. The van der Waals surface area contributed by atoms with E-state index in [1.54, 1.807) is 4.31 Å². The van der Waals surface area contributed by atoms with Crippen LogP contribution in [0.15, 0.2) is 30.3 Å². The summed E-state index contributed by atoms with van der Waals surface area (Å²) in [5.41, 5.74) is 1.06. The van der Waals surface area contributed by atoms with Crippen molar-refractivity contribution in [2.45, 2.75) is 44.0 Å². The third kappa shape index (κ3) is 4.14. The minimum absolute atomic E-state index is 0.106. The van der Waals surface area contributed by atoms with Crippen LogP contribution in [0.1, 0.15) is 37.7 Å². The Morgan fingerprint density at radius 2 is 1.73 bits per heavy atom. The van der Waals surface area contributed by atoms with E-state index >= 15 is 0 Å². The van der Waals surface area contributed by atoms with Gasteiger partial charge >= 0.3 is 0 Å². The molecule has 0 unspecified atom stereocenters. The fourth-order valence-corrected chi connectivity index (χ4v) is 6.26. The summed E-state index contributed by atoms with van der Waals surface area (Å²) in [7, 11) is -3.23. The molecule has 0 saturated carbocycles. The standard InChI is InChI=1S/C20H30N2O3S/c23-26(24,16-18-6-2-1-3-7-18)22-12-8-20(9-13-22)14-19(25-17-20)15-21-10-4-5-11-21/h1-3,6-7,19H,4-5,8-17H2/t19-/m0/s1. The lowest BCUT2D eigenvalue weighted by molar-refractivity contribution is 0.0627. The van der Waals surface area contributed by atoms with Crippen molar-refractivity contribution in [2.75, 3.05) is 39.3 Å². The first kappa shape index (κ1) is 18.4. The summed E-state index contributed by atoms with van der Waals surface area (Å²) >= 11 is 0. The van der Waals surface area contributed by atoms with Gasteiger partial charge in [0.15, 0.2) is 0 Å². The molecule has 26 heavy (non-hydrogen) atoms. The van der Waals surface area contributed by atoms with Crippen LogP contribution in [0.25, 0.3) is 0 Å². The first-order valence-corrected chi connectivity index (χ1v) is 11.5. The normalized spacial score (nSPS) is 27.3. The lowest BCUT2D eigenvalue weighted by atomic mass is 9.77. The molecule has 0 amide bonds. The molecule has 3 aliphatic rings. The molecule has 0 radical (unpaired) electrons. The maximum atomic E-state index is 12.7. The van der Waals surface area contributed by atoms with E-state index in [2.05, 4.69) is 4.90 Å². The first-order chi connectivity index (χ1) is 12.5. The molecule has 0 N–H and O–H groups in total. The molecule has 4 rings (SSSR count). The van der Waals surface area contributed by atoms with Crippen molar-refractivity contribution < 1.29 is 13.2 Å². The molecule has 5 nitrogen and oxygen atoms in total. The summed E-state index contributed by atoms with van der Waals surface area (Å²) < 4.78 is 33.3. The molecule has 0 aromatic heterocycles. The molecule has 6 heteroatoms. The summed E-state index contributed by atoms with van der Waals surface area (Å²) in [6, 6.07) is 9.48. The van der Waals surface area contributed by atoms with E-state index in [1.807, 2.05) is 30.3 Å². The van der Waals surface area contributed by atoms with E-state index in [4.69, 9.17) is 4.74 Å². The average Bonchev–Trinajstić information content (AvgIpc) is 3.27. The van der Waals surface area contributed by atoms with Crippen molar-refractivity contribution >= 4 is 10.0 Å². The van der Waals surface area contributed by atoms with E-state index in [0.717, 1.165) is 38.0 Å². The fourth-order valence-electron chi connectivity index (χ4n) is 4.73. The number of sulfonamides is 1. The Balaban J connectivity index is 1.31. The van der Waals surface area contributed by atoms with Crippen LogP contribution in [0.4, 0.5) is 0 Å². The monoisotopic (exact) mass is 378 g/mol. The Kier molecular flexibility index (Phi) is 5.37. The van der Waals surface area contributed by atoms with E-state index in [1.165, 1.54) is 25.9 Å². The lowest BCUT2D eigenvalue weighted by Crippen LogP contribution is -2.44. The molecule has 1 atom stereocenters. The summed E-state index contributed by atoms with van der Waals surface area (Å²) in [4.78, 5) is 2.52. The number of likely N-dealkylation sites (tertiary alicyclic amines) is 1. The van der Waals surface area contributed by atoms with Crippen LogP contribution in [0, 0.1) is 5.41 Å². The lowest BCUT2D eigenvalue weighted by Gasteiger charge is -2.37. The zero-order chi connectivity index (χ0) is 18.0.